The van der Waals surface area contributed by atoms with E-state index >= 15 is 0 Å². The topological polar surface area (TPSA) is 67.7 Å². The second-order valence-corrected chi connectivity index (χ2v) is 4.43. The van der Waals surface area contributed by atoms with Gasteiger partial charge in [-0.15, -0.1) is 0 Å². The van der Waals surface area contributed by atoms with Gasteiger partial charge in [-0.05, 0) is 11.5 Å². The Morgan fingerprint density at radius 3 is 2.65 bits per heavy atom. The molecular weight excluding hydrogens is 232 g/mol. The van der Waals surface area contributed by atoms with Crippen molar-refractivity contribution in [2.75, 3.05) is 5.73 Å². The molecule has 3 N–H and O–H groups in total. The van der Waals surface area contributed by atoms with Crippen molar-refractivity contribution in [1.82, 2.24) is 8.94 Å². The smallest absolute Gasteiger partial charge is 0.218 e. The highest BCUT2D eigenvalue weighted by Gasteiger charge is 2.08. The molecule has 0 spiro atoms. The van der Waals surface area contributed by atoms with E-state index in [0.29, 0.717) is 10.7 Å². The molecule has 5 heteroatoms. The van der Waals surface area contributed by atoms with Crippen molar-refractivity contribution in [1.29, 1.82) is 5.41 Å². The normalized spacial score (nSPS) is 10.8. The van der Waals surface area contributed by atoms with Gasteiger partial charge in [0, 0.05) is 16.9 Å². The van der Waals surface area contributed by atoms with Gasteiger partial charge in [0.1, 0.15) is 0 Å². The standard InChI is InChI=1S/C12H10N4S/c13-11-15-17-12(14)16(11)10-7-3-5-8-4-1-2-6-9(8)10/h1-7,14H,(H2,13,15). The molecule has 3 rings (SSSR count). The molecule has 0 aliphatic carbocycles. The second-order valence-electron chi connectivity index (χ2n) is 3.68. The SMILES string of the molecule is N=c1snc(N)n1-c1cccc2ccccc12. The molecule has 0 aliphatic heterocycles. The summed E-state index contributed by atoms with van der Waals surface area (Å²) in [5.41, 5.74) is 6.71. The van der Waals surface area contributed by atoms with Gasteiger partial charge in [-0.2, -0.15) is 4.37 Å². The molecule has 3 aromatic rings. The van der Waals surface area contributed by atoms with E-state index in [1.165, 1.54) is 0 Å². The maximum atomic E-state index is 7.84. The number of nitrogens with two attached hydrogens (primary N) is 1. The summed E-state index contributed by atoms with van der Waals surface area (Å²) < 4.78 is 5.65. The maximum Gasteiger partial charge on any atom is 0.218 e. The van der Waals surface area contributed by atoms with Gasteiger partial charge in [-0.25, -0.2) is 0 Å². The summed E-state index contributed by atoms with van der Waals surface area (Å²) in [4.78, 5) is 0.332. The highest BCUT2D eigenvalue weighted by Crippen LogP contribution is 2.22. The van der Waals surface area contributed by atoms with E-state index in [4.69, 9.17) is 11.1 Å². The molecule has 0 amide bonds. The zero-order chi connectivity index (χ0) is 11.8. The third-order valence-electron chi connectivity index (χ3n) is 2.67. The van der Waals surface area contributed by atoms with Crippen LogP contribution in [0.1, 0.15) is 0 Å². The number of nitrogens with zero attached hydrogens (tertiary/aromatic N) is 2. The number of hydrogen-bond acceptors (Lipinski definition) is 4. The van der Waals surface area contributed by atoms with Crippen molar-refractivity contribution < 1.29 is 0 Å². The quantitative estimate of drug-likeness (QED) is 0.686. The van der Waals surface area contributed by atoms with Crippen molar-refractivity contribution in [3.8, 4) is 5.69 Å². The molecule has 1 heterocycles. The molecule has 2 aromatic carbocycles. The summed E-state index contributed by atoms with van der Waals surface area (Å²) in [5.74, 6) is 0.358. The molecule has 17 heavy (non-hydrogen) atoms. The van der Waals surface area contributed by atoms with Crippen LogP contribution in [0.3, 0.4) is 0 Å². The third-order valence-corrected chi connectivity index (χ3v) is 3.30. The summed E-state index contributed by atoms with van der Waals surface area (Å²) in [6, 6.07) is 14.0. The van der Waals surface area contributed by atoms with Crippen LogP contribution < -0.4 is 10.5 Å². The molecule has 0 saturated carbocycles. The average molecular weight is 242 g/mol. The monoisotopic (exact) mass is 242 g/mol. The Morgan fingerprint density at radius 2 is 1.88 bits per heavy atom. The highest BCUT2D eigenvalue weighted by atomic mass is 32.1. The number of anilines is 1. The van der Waals surface area contributed by atoms with Gasteiger partial charge < -0.3 is 5.73 Å². The van der Waals surface area contributed by atoms with Crippen LogP contribution in [0.4, 0.5) is 5.95 Å². The zero-order valence-electron chi connectivity index (χ0n) is 8.92. The fourth-order valence-electron chi connectivity index (χ4n) is 1.91. The average Bonchev–Trinajstić information content (AvgIpc) is 2.69. The Balaban J connectivity index is 2.43. The largest absolute Gasteiger partial charge is 0.368 e. The number of nitrogen functional groups attached to an aromatic ring is 1. The first-order valence-corrected chi connectivity index (χ1v) is 5.91. The van der Waals surface area contributed by atoms with E-state index < -0.39 is 0 Å². The number of rotatable bonds is 1. The molecule has 84 valence electrons. The first-order chi connectivity index (χ1) is 8.27. The summed E-state index contributed by atoms with van der Waals surface area (Å²) in [7, 11) is 0. The molecule has 0 atom stereocenters. The molecule has 0 saturated heterocycles. The molecule has 0 bridgehead atoms. The second kappa shape index (κ2) is 3.71. The summed E-state index contributed by atoms with van der Waals surface area (Å²) in [6.07, 6.45) is 0. The molecule has 0 fully saturated rings. The van der Waals surface area contributed by atoms with Crippen LogP contribution >= 0.6 is 11.5 Å². The lowest BCUT2D eigenvalue weighted by Gasteiger charge is -2.07. The van der Waals surface area contributed by atoms with Crippen LogP contribution in [-0.4, -0.2) is 8.94 Å². The third kappa shape index (κ3) is 1.52. The van der Waals surface area contributed by atoms with Gasteiger partial charge in [0.25, 0.3) is 0 Å². The van der Waals surface area contributed by atoms with E-state index in [1.807, 2.05) is 42.5 Å². The number of aromatic nitrogens is 2. The van der Waals surface area contributed by atoms with Gasteiger partial charge >= 0.3 is 0 Å². The maximum absolute atomic E-state index is 7.84. The van der Waals surface area contributed by atoms with Crippen molar-refractivity contribution in [2.24, 2.45) is 0 Å². The Kier molecular flexibility index (Phi) is 2.19. The van der Waals surface area contributed by atoms with E-state index in [9.17, 15) is 0 Å². The minimum absolute atomic E-state index is 0.332. The summed E-state index contributed by atoms with van der Waals surface area (Å²) in [6.45, 7) is 0. The van der Waals surface area contributed by atoms with Crippen LogP contribution in [0.5, 0.6) is 0 Å². The lowest BCUT2D eigenvalue weighted by Crippen LogP contribution is -2.13. The lowest BCUT2D eigenvalue weighted by atomic mass is 10.1. The Hall–Kier alpha value is -2.14. The molecule has 0 radical (unpaired) electrons. The zero-order valence-corrected chi connectivity index (χ0v) is 9.74. The predicted molar refractivity (Wildman–Crippen MR) is 69.2 cm³/mol. The molecule has 0 aliphatic rings. The fraction of sp³-hybridized carbons (Fsp3) is 0. The van der Waals surface area contributed by atoms with Gasteiger partial charge in [-0.1, -0.05) is 36.4 Å². The first kappa shape index (κ1) is 10.0. The van der Waals surface area contributed by atoms with Crippen LogP contribution in [0, 0.1) is 5.41 Å². The first-order valence-electron chi connectivity index (χ1n) is 5.14. The molecule has 1 aromatic heterocycles. The van der Waals surface area contributed by atoms with Crippen molar-refractivity contribution in [2.45, 2.75) is 0 Å². The van der Waals surface area contributed by atoms with Crippen molar-refractivity contribution in [3.05, 3.63) is 47.3 Å². The Bertz CT molecular complexity index is 736. The van der Waals surface area contributed by atoms with Crippen LogP contribution in [0.15, 0.2) is 42.5 Å². The van der Waals surface area contributed by atoms with E-state index in [-0.39, 0.29) is 0 Å². The number of hydrogen-bond donors (Lipinski definition) is 2. The highest BCUT2D eigenvalue weighted by molar-refractivity contribution is 7.02. The van der Waals surface area contributed by atoms with Gasteiger partial charge in [0.05, 0.1) is 5.69 Å². The molecule has 0 unspecified atom stereocenters. The van der Waals surface area contributed by atoms with Crippen molar-refractivity contribution in [3.63, 3.8) is 0 Å². The van der Waals surface area contributed by atoms with E-state index in [2.05, 4.69) is 4.37 Å². The van der Waals surface area contributed by atoms with Crippen LogP contribution in [0.25, 0.3) is 16.5 Å². The number of fused-ring (bicyclic) bond motifs is 1. The molecule has 4 nitrogen and oxygen atoms in total. The van der Waals surface area contributed by atoms with Crippen LogP contribution in [-0.2, 0) is 0 Å². The lowest BCUT2D eigenvalue weighted by molar-refractivity contribution is 0.987. The summed E-state index contributed by atoms with van der Waals surface area (Å²) in [5, 5.41) is 10.0. The summed E-state index contributed by atoms with van der Waals surface area (Å²) >= 11 is 1.09. The fourth-order valence-corrected chi connectivity index (χ4v) is 2.45. The van der Waals surface area contributed by atoms with Gasteiger partial charge in [0.15, 0.2) is 0 Å². The van der Waals surface area contributed by atoms with Gasteiger partial charge in [0.2, 0.25) is 10.7 Å². The number of nitrogens with one attached hydrogen (secondary N) is 1. The predicted octanol–water partition coefficient (Wildman–Crippen LogP) is 2.15. The van der Waals surface area contributed by atoms with Crippen LogP contribution in [0.2, 0.25) is 0 Å². The number of benzene rings is 2. The molecular formula is C12H10N4S. The Morgan fingerprint density at radius 1 is 1.12 bits per heavy atom. The minimum Gasteiger partial charge on any atom is -0.368 e. The minimum atomic E-state index is 0.332. The van der Waals surface area contributed by atoms with E-state index in [0.717, 1.165) is 28.0 Å². The Labute approximate surface area is 102 Å². The van der Waals surface area contributed by atoms with Gasteiger partial charge in [-0.3, -0.25) is 9.98 Å². The van der Waals surface area contributed by atoms with E-state index in [1.54, 1.807) is 4.57 Å². The van der Waals surface area contributed by atoms with Crippen molar-refractivity contribution >= 4 is 28.3 Å².